The van der Waals surface area contributed by atoms with Gasteiger partial charge >= 0.3 is 16.6 Å². The Morgan fingerprint density at radius 1 is 1.00 bits per heavy atom. The van der Waals surface area contributed by atoms with E-state index >= 15 is 0 Å². The molecule has 0 aliphatic carbocycles. The van der Waals surface area contributed by atoms with Gasteiger partial charge in [0.2, 0.25) is 0 Å². The molecule has 0 atom stereocenters. The van der Waals surface area contributed by atoms with Crippen LogP contribution in [0, 0.1) is 17.5 Å². The maximum Gasteiger partial charge on any atom is 0.508 e. The largest absolute Gasteiger partial charge is 0.508 e. The molecule has 1 aromatic rings. The zero-order chi connectivity index (χ0) is 8.43. The van der Waals surface area contributed by atoms with Crippen molar-refractivity contribution >= 4 is 11.7 Å². The Hall–Kier alpha value is -0.970. The predicted octanol–water partition coefficient (Wildman–Crippen LogP) is 1.89. The second-order valence-electron chi connectivity index (χ2n) is 1.78. The maximum absolute atomic E-state index is 12.4. The lowest BCUT2D eigenvalue weighted by Crippen LogP contribution is -1.90. The Morgan fingerprint density at radius 3 is 2.09 bits per heavy atom. The summed E-state index contributed by atoms with van der Waals surface area (Å²) in [5.41, 5.74) is 0. The topological polar surface area (TPSA) is 17.1 Å². The van der Waals surface area contributed by atoms with Gasteiger partial charge in [0, 0.05) is 10.3 Å². The van der Waals surface area contributed by atoms with Crippen LogP contribution in [-0.4, -0.2) is 0 Å². The van der Waals surface area contributed by atoms with Crippen LogP contribution in [0.2, 0.25) is 0 Å². The molecule has 0 aromatic heterocycles. The molecule has 0 saturated carbocycles. The van der Waals surface area contributed by atoms with Crippen LogP contribution in [0.5, 0.6) is 0 Å². The van der Waals surface area contributed by atoms with Gasteiger partial charge in [-0.3, -0.25) is 0 Å². The van der Waals surface area contributed by atoms with Crippen molar-refractivity contribution in [2.45, 2.75) is 4.90 Å². The van der Waals surface area contributed by atoms with E-state index in [1.165, 1.54) is 0 Å². The lowest BCUT2D eigenvalue weighted by atomic mass is 10.3. The van der Waals surface area contributed by atoms with Gasteiger partial charge in [-0.1, -0.05) is 0 Å². The quantitative estimate of drug-likeness (QED) is 0.475. The molecular formula is C6H2F3OS+. The molecule has 0 heterocycles. The van der Waals surface area contributed by atoms with Crippen molar-refractivity contribution in [1.82, 2.24) is 0 Å². The fourth-order valence-electron chi connectivity index (χ4n) is 0.568. The van der Waals surface area contributed by atoms with E-state index in [1.54, 1.807) is 0 Å². The highest BCUT2D eigenvalue weighted by Crippen LogP contribution is 2.13. The smallest absolute Gasteiger partial charge is 0.204 e. The molecule has 0 spiro atoms. The molecule has 0 radical (unpaired) electrons. The second-order valence-corrected chi connectivity index (χ2v) is 2.39. The van der Waals surface area contributed by atoms with Crippen LogP contribution in [0.15, 0.2) is 17.0 Å². The van der Waals surface area contributed by atoms with Crippen LogP contribution in [0.3, 0.4) is 0 Å². The van der Waals surface area contributed by atoms with E-state index in [-0.39, 0.29) is 11.7 Å². The first kappa shape index (κ1) is 8.13. The molecule has 0 unspecified atom stereocenters. The summed E-state index contributed by atoms with van der Waals surface area (Å²) < 4.78 is 46.8. The van der Waals surface area contributed by atoms with Gasteiger partial charge in [-0.2, -0.15) is 0 Å². The summed E-state index contributed by atoms with van der Waals surface area (Å²) in [5, 5.41) is 0. The molecule has 11 heavy (non-hydrogen) atoms. The number of benzene rings is 1. The summed E-state index contributed by atoms with van der Waals surface area (Å²) in [6.45, 7) is 0. The molecule has 0 saturated heterocycles. The van der Waals surface area contributed by atoms with Crippen molar-refractivity contribution in [3.63, 3.8) is 0 Å². The molecule has 0 fully saturated rings. The number of hydrogen-bond acceptors (Lipinski definition) is 1. The van der Waals surface area contributed by atoms with Gasteiger partial charge in [0.25, 0.3) is 0 Å². The minimum atomic E-state index is -1.29. The van der Waals surface area contributed by atoms with E-state index in [4.69, 9.17) is 0 Å². The lowest BCUT2D eigenvalue weighted by Gasteiger charge is -1.88. The second kappa shape index (κ2) is 2.96. The van der Waals surface area contributed by atoms with Crippen LogP contribution in [0.1, 0.15) is 0 Å². The van der Waals surface area contributed by atoms with Gasteiger partial charge in [-0.15, -0.1) is 0 Å². The predicted molar refractivity (Wildman–Crippen MR) is 32.6 cm³/mol. The van der Waals surface area contributed by atoms with Crippen molar-refractivity contribution in [2.75, 3.05) is 0 Å². The van der Waals surface area contributed by atoms with Crippen LogP contribution in [0.25, 0.3) is 0 Å². The molecule has 1 rings (SSSR count). The molecule has 5 heteroatoms. The standard InChI is InChI=1S/C6H2F3OS/c7-3-1-5(9)6(11-10)2-4(3)8/h1-2H/q+1. The Bertz CT molecular complexity index is 300. The fraction of sp³-hybridized carbons (Fsp3) is 0. The van der Waals surface area contributed by atoms with Crippen molar-refractivity contribution in [2.24, 2.45) is 0 Å². The van der Waals surface area contributed by atoms with Crippen molar-refractivity contribution < 1.29 is 17.4 Å². The first-order valence-corrected chi connectivity index (χ1v) is 3.33. The number of rotatable bonds is 1. The SMILES string of the molecule is O=[S+]c1cc(F)c(F)cc1F. The van der Waals surface area contributed by atoms with Gasteiger partial charge in [0.1, 0.15) is 0 Å². The third-order valence-electron chi connectivity index (χ3n) is 1.06. The summed E-state index contributed by atoms with van der Waals surface area (Å²) in [6, 6.07) is 0.873. The van der Waals surface area contributed by atoms with E-state index in [0.717, 1.165) is 0 Å². The van der Waals surface area contributed by atoms with Crippen LogP contribution in [-0.2, 0) is 15.9 Å². The van der Waals surface area contributed by atoms with Crippen LogP contribution in [0.4, 0.5) is 13.2 Å². The van der Waals surface area contributed by atoms with E-state index in [0.29, 0.717) is 12.1 Å². The molecular weight excluding hydrogens is 177 g/mol. The van der Waals surface area contributed by atoms with E-state index < -0.39 is 22.3 Å². The molecule has 58 valence electrons. The highest BCUT2D eigenvalue weighted by atomic mass is 32.1. The third-order valence-corrected chi connectivity index (χ3v) is 1.56. The first-order chi connectivity index (χ1) is 5.15. The van der Waals surface area contributed by atoms with E-state index in [2.05, 4.69) is 0 Å². The Kier molecular flexibility index (Phi) is 2.19. The van der Waals surface area contributed by atoms with Gasteiger partial charge in [0.05, 0.1) is 6.07 Å². The zero-order valence-electron chi connectivity index (χ0n) is 5.11. The molecule has 0 aliphatic rings. The summed E-state index contributed by atoms with van der Waals surface area (Å²) in [4.78, 5) is -0.441. The lowest BCUT2D eigenvalue weighted by molar-refractivity contribution is 0.484. The van der Waals surface area contributed by atoms with Crippen molar-refractivity contribution in [3.8, 4) is 0 Å². The molecule has 0 N–H and O–H groups in total. The van der Waals surface area contributed by atoms with Gasteiger partial charge in [-0.25, -0.2) is 13.2 Å². The zero-order valence-corrected chi connectivity index (χ0v) is 5.92. The minimum absolute atomic E-state index is 0.213. The summed E-state index contributed by atoms with van der Waals surface area (Å²) in [6.07, 6.45) is 0. The highest BCUT2D eigenvalue weighted by molar-refractivity contribution is 7.65. The van der Waals surface area contributed by atoms with Gasteiger partial charge in [0.15, 0.2) is 17.5 Å². The average Bonchev–Trinajstić information content (AvgIpc) is 1.97. The third kappa shape index (κ3) is 1.54. The van der Waals surface area contributed by atoms with Gasteiger partial charge in [-0.05, 0) is 0 Å². The normalized spacial score (nSPS) is 9.73. The summed E-state index contributed by atoms with van der Waals surface area (Å²) in [5.74, 6) is -3.55. The fourth-order valence-corrected chi connectivity index (χ4v) is 0.858. The molecule has 1 nitrogen and oxygen atoms in total. The average molecular weight is 179 g/mol. The molecule has 0 aliphatic heterocycles. The maximum atomic E-state index is 12.4. The number of halogens is 3. The Morgan fingerprint density at radius 2 is 1.55 bits per heavy atom. The Labute approximate surface area is 64.3 Å². The molecule has 0 amide bonds. The monoisotopic (exact) mass is 179 g/mol. The highest BCUT2D eigenvalue weighted by Gasteiger charge is 2.18. The first-order valence-electron chi connectivity index (χ1n) is 2.59. The van der Waals surface area contributed by atoms with Crippen molar-refractivity contribution in [1.29, 1.82) is 0 Å². The number of hydrogen-bond donors (Lipinski definition) is 0. The van der Waals surface area contributed by atoms with E-state index in [9.17, 15) is 17.4 Å². The van der Waals surface area contributed by atoms with Crippen LogP contribution >= 0.6 is 0 Å². The van der Waals surface area contributed by atoms with Crippen LogP contribution < -0.4 is 0 Å². The summed E-state index contributed by atoms with van der Waals surface area (Å²) >= 11 is -0.213. The minimum Gasteiger partial charge on any atom is -0.204 e. The molecule has 0 bridgehead atoms. The van der Waals surface area contributed by atoms with Gasteiger partial charge < -0.3 is 0 Å². The summed E-state index contributed by atoms with van der Waals surface area (Å²) in [7, 11) is 0. The van der Waals surface area contributed by atoms with E-state index in [1.807, 2.05) is 0 Å². The molecule has 1 aromatic carbocycles. The van der Waals surface area contributed by atoms with Crippen molar-refractivity contribution in [3.05, 3.63) is 29.6 Å². The Balaban J connectivity index is 3.31.